The van der Waals surface area contributed by atoms with E-state index in [-0.39, 0.29) is 17.8 Å². The van der Waals surface area contributed by atoms with E-state index in [0.29, 0.717) is 23.9 Å². The summed E-state index contributed by atoms with van der Waals surface area (Å²) in [4.78, 5) is 12.4. The molecule has 1 saturated heterocycles. The number of carbonyl (C=O) groups is 1. The Labute approximate surface area is 106 Å². The van der Waals surface area contributed by atoms with Gasteiger partial charge in [-0.05, 0) is 18.8 Å². The van der Waals surface area contributed by atoms with E-state index < -0.39 is 0 Å². The average Bonchev–Trinajstić information content (AvgIpc) is 2.86. The lowest BCUT2D eigenvalue weighted by Crippen LogP contribution is -2.28. The summed E-state index contributed by atoms with van der Waals surface area (Å²) in [5.74, 6) is 0.217. The number of ketones is 1. The summed E-state index contributed by atoms with van der Waals surface area (Å²) in [5.41, 5.74) is 0.493. The number of Topliss-reactive ketones (excluding diaryl/α,β-unsaturated/α-hetero) is 1. The van der Waals surface area contributed by atoms with Crippen molar-refractivity contribution in [3.05, 3.63) is 16.9 Å². The van der Waals surface area contributed by atoms with Gasteiger partial charge in [0.25, 0.3) is 0 Å². The Morgan fingerprint density at radius 3 is 3.06 bits per heavy atom. The normalized spacial score (nSPS) is 24.2. The van der Waals surface area contributed by atoms with Crippen molar-refractivity contribution in [3.63, 3.8) is 0 Å². The quantitative estimate of drug-likeness (QED) is 0.778. The Morgan fingerprint density at radius 2 is 2.47 bits per heavy atom. The van der Waals surface area contributed by atoms with Gasteiger partial charge in [-0.15, -0.1) is 0 Å². The van der Waals surface area contributed by atoms with Gasteiger partial charge in [0.1, 0.15) is 11.8 Å². The van der Waals surface area contributed by atoms with Crippen LogP contribution in [0.1, 0.15) is 37.2 Å². The molecule has 0 amide bonds. The highest BCUT2D eigenvalue weighted by Gasteiger charge is 2.34. The molecule has 0 saturated carbocycles. The maximum absolute atomic E-state index is 12.4. The van der Waals surface area contributed by atoms with Crippen LogP contribution < -0.4 is 0 Å². The zero-order valence-electron chi connectivity index (χ0n) is 10.1. The summed E-state index contributed by atoms with van der Waals surface area (Å²) < 4.78 is 7.17. The number of rotatable bonds is 4. The maximum atomic E-state index is 12.4. The molecule has 5 heteroatoms. The van der Waals surface area contributed by atoms with Crippen molar-refractivity contribution >= 4 is 17.4 Å². The molecule has 1 aromatic rings. The third-order valence-corrected chi connectivity index (χ3v) is 3.39. The van der Waals surface area contributed by atoms with Crippen molar-refractivity contribution in [1.82, 2.24) is 9.78 Å². The Balaban J connectivity index is 2.26. The minimum absolute atomic E-state index is 0.0362. The second-order valence-electron chi connectivity index (χ2n) is 4.49. The topological polar surface area (TPSA) is 44.1 Å². The molecule has 0 aromatic carbocycles. The standard InChI is InChI=1S/C12H17ClN2O2/c1-3-5-15-10(9(13)7-14-15)11(16)12-8(2)4-6-17-12/h7-8,12H,3-6H2,1-2H3. The van der Waals surface area contributed by atoms with E-state index in [1.54, 1.807) is 4.68 Å². The lowest BCUT2D eigenvalue weighted by atomic mass is 9.99. The molecule has 1 aliphatic heterocycles. The molecular weight excluding hydrogens is 240 g/mol. The summed E-state index contributed by atoms with van der Waals surface area (Å²) in [6, 6.07) is 0. The molecule has 1 aromatic heterocycles. The lowest BCUT2D eigenvalue weighted by molar-refractivity contribution is 0.0568. The Bertz CT molecular complexity index is 417. The van der Waals surface area contributed by atoms with E-state index in [1.165, 1.54) is 6.20 Å². The number of halogens is 1. The van der Waals surface area contributed by atoms with Gasteiger partial charge >= 0.3 is 0 Å². The second kappa shape index (κ2) is 5.19. The minimum Gasteiger partial charge on any atom is -0.370 e. The molecule has 0 spiro atoms. The number of hydrogen-bond acceptors (Lipinski definition) is 3. The highest BCUT2D eigenvalue weighted by Crippen LogP contribution is 2.26. The van der Waals surface area contributed by atoms with Crippen molar-refractivity contribution in [2.75, 3.05) is 6.61 Å². The summed E-state index contributed by atoms with van der Waals surface area (Å²) in [6.45, 7) is 5.43. The van der Waals surface area contributed by atoms with Crippen LogP contribution in [0.5, 0.6) is 0 Å². The molecule has 2 heterocycles. The highest BCUT2D eigenvalue weighted by molar-refractivity contribution is 6.33. The first kappa shape index (κ1) is 12.6. The first-order chi connectivity index (χ1) is 8.15. The van der Waals surface area contributed by atoms with Gasteiger partial charge in [-0.3, -0.25) is 9.48 Å². The molecule has 1 aliphatic rings. The summed E-state index contributed by atoms with van der Waals surface area (Å²) in [7, 11) is 0. The van der Waals surface area contributed by atoms with Gasteiger partial charge in [0, 0.05) is 13.2 Å². The number of carbonyl (C=O) groups excluding carboxylic acids is 1. The first-order valence-corrected chi connectivity index (χ1v) is 6.40. The third kappa shape index (κ3) is 2.38. The number of aryl methyl sites for hydroxylation is 1. The van der Waals surface area contributed by atoms with Crippen LogP contribution in [0.4, 0.5) is 0 Å². The SMILES string of the molecule is CCCn1ncc(Cl)c1C(=O)C1OCCC1C. The van der Waals surface area contributed by atoms with Crippen molar-refractivity contribution in [2.24, 2.45) is 5.92 Å². The monoisotopic (exact) mass is 256 g/mol. The van der Waals surface area contributed by atoms with E-state index in [1.807, 2.05) is 13.8 Å². The molecule has 2 atom stereocenters. The van der Waals surface area contributed by atoms with E-state index >= 15 is 0 Å². The number of ether oxygens (including phenoxy) is 1. The van der Waals surface area contributed by atoms with Gasteiger partial charge < -0.3 is 4.74 Å². The molecule has 0 bridgehead atoms. The molecule has 2 unspecified atom stereocenters. The average molecular weight is 257 g/mol. The zero-order valence-corrected chi connectivity index (χ0v) is 10.9. The molecule has 0 radical (unpaired) electrons. The number of nitrogens with zero attached hydrogens (tertiary/aromatic N) is 2. The number of hydrogen-bond donors (Lipinski definition) is 0. The summed E-state index contributed by atoms with van der Waals surface area (Å²) in [6.07, 6.45) is 3.01. The fraction of sp³-hybridized carbons (Fsp3) is 0.667. The predicted octanol–water partition coefficient (Wildman–Crippen LogP) is 2.55. The zero-order chi connectivity index (χ0) is 12.4. The highest BCUT2D eigenvalue weighted by atomic mass is 35.5. The molecule has 17 heavy (non-hydrogen) atoms. The summed E-state index contributed by atoms with van der Waals surface area (Å²) in [5, 5.41) is 4.55. The van der Waals surface area contributed by atoms with Crippen LogP contribution in [-0.4, -0.2) is 28.3 Å². The van der Waals surface area contributed by atoms with Gasteiger partial charge in [-0.2, -0.15) is 5.10 Å². The molecule has 2 rings (SSSR count). The van der Waals surface area contributed by atoms with Crippen LogP contribution in [0.25, 0.3) is 0 Å². The molecule has 1 fully saturated rings. The molecular formula is C12H17ClN2O2. The Morgan fingerprint density at radius 1 is 1.71 bits per heavy atom. The van der Waals surface area contributed by atoms with Crippen LogP contribution in [0.3, 0.4) is 0 Å². The minimum atomic E-state index is -0.361. The largest absolute Gasteiger partial charge is 0.370 e. The molecule has 0 aliphatic carbocycles. The fourth-order valence-corrected chi connectivity index (χ4v) is 2.39. The van der Waals surface area contributed by atoms with Crippen LogP contribution >= 0.6 is 11.6 Å². The van der Waals surface area contributed by atoms with E-state index in [4.69, 9.17) is 16.3 Å². The van der Waals surface area contributed by atoms with Crippen molar-refractivity contribution in [2.45, 2.75) is 39.3 Å². The molecule has 4 nitrogen and oxygen atoms in total. The number of aromatic nitrogens is 2. The summed E-state index contributed by atoms with van der Waals surface area (Å²) >= 11 is 6.04. The molecule has 94 valence electrons. The molecule has 0 N–H and O–H groups in total. The first-order valence-electron chi connectivity index (χ1n) is 6.02. The van der Waals surface area contributed by atoms with Crippen LogP contribution in [0.2, 0.25) is 5.02 Å². The van der Waals surface area contributed by atoms with Crippen molar-refractivity contribution < 1.29 is 9.53 Å². The van der Waals surface area contributed by atoms with Crippen molar-refractivity contribution in [3.8, 4) is 0 Å². The fourth-order valence-electron chi connectivity index (χ4n) is 2.15. The Hall–Kier alpha value is -0.870. The van der Waals surface area contributed by atoms with Crippen LogP contribution in [0, 0.1) is 5.92 Å². The second-order valence-corrected chi connectivity index (χ2v) is 4.89. The van der Waals surface area contributed by atoms with Gasteiger partial charge in [0.15, 0.2) is 0 Å². The lowest BCUT2D eigenvalue weighted by Gasteiger charge is -2.14. The maximum Gasteiger partial charge on any atom is 0.211 e. The van der Waals surface area contributed by atoms with Gasteiger partial charge in [0.2, 0.25) is 5.78 Å². The van der Waals surface area contributed by atoms with Gasteiger partial charge in [0.05, 0.1) is 11.2 Å². The van der Waals surface area contributed by atoms with Crippen LogP contribution in [-0.2, 0) is 11.3 Å². The predicted molar refractivity (Wildman–Crippen MR) is 65.4 cm³/mol. The van der Waals surface area contributed by atoms with E-state index in [9.17, 15) is 4.79 Å². The van der Waals surface area contributed by atoms with Crippen molar-refractivity contribution in [1.29, 1.82) is 0 Å². The van der Waals surface area contributed by atoms with Gasteiger partial charge in [-0.25, -0.2) is 0 Å². The van der Waals surface area contributed by atoms with Crippen LogP contribution in [0.15, 0.2) is 6.20 Å². The Kier molecular flexibility index (Phi) is 3.84. The smallest absolute Gasteiger partial charge is 0.211 e. The van der Waals surface area contributed by atoms with E-state index in [0.717, 1.165) is 12.8 Å². The van der Waals surface area contributed by atoms with Gasteiger partial charge in [-0.1, -0.05) is 25.4 Å². The van der Waals surface area contributed by atoms with E-state index in [2.05, 4.69) is 5.10 Å². The third-order valence-electron chi connectivity index (χ3n) is 3.11.